The van der Waals surface area contributed by atoms with Crippen LogP contribution in [0.2, 0.25) is 0 Å². The zero-order valence-corrected chi connectivity index (χ0v) is 6.14. The Morgan fingerprint density at radius 3 is 2.25 bits per heavy atom. The van der Waals surface area contributed by atoms with Crippen LogP contribution >= 0.6 is 0 Å². The van der Waals surface area contributed by atoms with Gasteiger partial charge in [0.1, 0.15) is 5.92 Å². The maximum Gasteiger partial charge on any atom is 0.399 e. The summed E-state index contributed by atoms with van der Waals surface area (Å²) in [6, 6.07) is 0. The van der Waals surface area contributed by atoms with Crippen LogP contribution in [-0.2, 0) is 4.74 Å². The van der Waals surface area contributed by atoms with Gasteiger partial charge in [0.25, 0.3) is 0 Å². The molecule has 1 fully saturated rings. The predicted molar refractivity (Wildman–Crippen MR) is 32.1 cm³/mol. The molecule has 6 heteroatoms. The molecule has 1 rings (SSSR count). The zero-order valence-electron chi connectivity index (χ0n) is 6.14. The van der Waals surface area contributed by atoms with E-state index in [1.807, 2.05) is 0 Å². The highest BCUT2D eigenvalue weighted by Gasteiger charge is 2.53. The Kier molecular flexibility index (Phi) is 2.33. The minimum atomic E-state index is -4.62. The lowest BCUT2D eigenvalue weighted by Gasteiger charge is -2.36. The summed E-state index contributed by atoms with van der Waals surface area (Å²) in [6.45, 7) is -0.740. The van der Waals surface area contributed by atoms with Gasteiger partial charge in [-0.1, -0.05) is 0 Å². The fourth-order valence-corrected chi connectivity index (χ4v) is 1.09. The molecule has 12 heavy (non-hydrogen) atoms. The smallest absolute Gasteiger partial charge is 0.380 e. The van der Waals surface area contributed by atoms with Gasteiger partial charge in [-0.3, -0.25) is 0 Å². The fourth-order valence-electron chi connectivity index (χ4n) is 1.09. The number of aliphatic hydroxyl groups is 2. The second-order valence-electron chi connectivity index (χ2n) is 2.80. The first-order valence-corrected chi connectivity index (χ1v) is 3.43. The van der Waals surface area contributed by atoms with Gasteiger partial charge in [-0.25, -0.2) is 0 Å². The summed E-state index contributed by atoms with van der Waals surface area (Å²) in [5.74, 6) is -4.87. The lowest BCUT2D eigenvalue weighted by Crippen LogP contribution is -2.52. The van der Waals surface area contributed by atoms with Crippen molar-refractivity contribution in [1.29, 1.82) is 0 Å². The molecule has 0 amide bonds. The van der Waals surface area contributed by atoms with Crippen molar-refractivity contribution in [1.82, 2.24) is 0 Å². The number of hydrogen-bond donors (Lipinski definition) is 2. The highest BCUT2D eigenvalue weighted by Crippen LogP contribution is 2.37. The Morgan fingerprint density at radius 2 is 1.92 bits per heavy atom. The van der Waals surface area contributed by atoms with E-state index in [1.54, 1.807) is 0 Å². The zero-order chi connectivity index (χ0) is 9.41. The third kappa shape index (κ3) is 1.88. The molecule has 0 saturated carbocycles. The second-order valence-corrected chi connectivity index (χ2v) is 2.80. The molecule has 0 spiro atoms. The minimum Gasteiger partial charge on any atom is -0.380 e. The van der Waals surface area contributed by atoms with Crippen LogP contribution in [-0.4, -0.2) is 35.4 Å². The van der Waals surface area contributed by atoms with Crippen LogP contribution in [0.25, 0.3) is 0 Å². The van der Waals surface area contributed by atoms with Gasteiger partial charge in [-0.15, -0.1) is 0 Å². The average molecular weight is 186 g/mol. The van der Waals surface area contributed by atoms with E-state index in [9.17, 15) is 13.2 Å². The number of halogens is 3. The Hall–Kier alpha value is -0.330. The standard InChI is InChI=1S/C6H9F3O3/c7-6(8,9)4-3-12-2-1-5(4,10)11/h4,10-11H,1-3H2. The van der Waals surface area contributed by atoms with E-state index in [-0.39, 0.29) is 6.61 Å². The van der Waals surface area contributed by atoms with Gasteiger partial charge in [0.15, 0.2) is 5.79 Å². The SMILES string of the molecule is OC1(O)CCOCC1C(F)(F)F. The molecule has 3 nitrogen and oxygen atoms in total. The number of ether oxygens (including phenoxy) is 1. The quantitative estimate of drug-likeness (QED) is 0.534. The lowest BCUT2D eigenvalue weighted by molar-refractivity contribution is -0.324. The first kappa shape index (κ1) is 9.76. The summed E-state index contributed by atoms with van der Waals surface area (Å²) < 4.78 is 40.6. The van der Waals surface area contributed by atoms with E-state index in [0.29, 0.717) is 0 Å². The monoisotopic (exact) mass is 186 g/mol. The summed E-state index contributed by atoms with van der Waals surface area (Å²) in [5.41, 5.74) is 0. The maximum absolute atomic E-state index is 12.0. The lowest BCUT2D eigenvalue weighted by atomic mass is 9.94. The van der Waals surface area contributed by atoms with Crippen LogP contribution in [0.15, 0.2) is 0 Å². The average Bonchev–Trinajstić information content (AvgIpc) is 1.83. The molecule has 1 aliphatic heterocycles. The van der Waals surface area contributed by atoms with Crippen molar-refractivity contribution < 1.29 is 28.1 Å². The number of rotatable bonds is 0. The van der Waals surface area contributed by atoms with Gasteiger partial charge in [0, 0.05) is 6.42 Å². The van der Waals surface area contributed by atoms with Gasteiger partial charge < -0.3 is 14.9 Å². The molecule has 1 atom stereocenters. The molecule has 72 valence electrons. The van der Waals surface area contributed by atoms with E-state index in [0.717, 1.165) is 0 Å². The topological polar surface area (TPSA) is 49.7 Å². The van der Waals surface area contributed by atoms with Crippen molar-refractivity contribution in [2.45, 2.75) is 18.4 Å². The van der Waals surface area contributed by atoms with Crippen molar-refractivity contribution in [3.8, 4) is 0 Å². The van der Waals surface area contributed by atoms with Crippen molar-refractivity contribution >= 4 is 0 Å². The molecule has 0 radical (unpaired) electrons. The molecule has 2 N–H and O–H groups in total. The number of hydrogen-bond acceptors (Lipinski definition) is 3. The van der Waals surface area contributed by atoms with Crippen molar-refractivity contribution in [3.05, 3.63) is 0 Å². The van der Waals surface area contributed by atoms with Crippen molar-refractivity contribution in [3.63, 3.8) is 0 Å². The summed E-state index contributed by atoms with van der Waals surface area (Å²) in [5, 5.41) is 17.9. The van der Waals surface area contributed by atoms with E-state index < -0.39 is 30.9 Å². The van der Waals surface area contributed by atoms with E-state index >= 15 is 0 Å². The highest BCUT2D eigenvalue weighted by molar-refractivity contribution is 4.84. The van der Waals surface area contributed by atoms with Crippen LogP contribution in [0.5, 0.6) is 0 Å². The Bertz CT molecular complexity index is 166. The normalized spacial score (nSPS) is 30.2. The van der Waals surface area contributed by atoms with Crippen LogP contribution in [0.1, 0.15) is 6.42 Å². The molecule has 1 aliphatic rings. The van der Waals surface area contributed by atoms with Crippen LogP contribution in [0.4, 0.5) is 13.2 Å². The van der Waals surface area contributed by atoms with Crippen LogP contribution in [0, 0.1) is 5.92 Å². The fraction of sp³-hybridized carbons (Fsp3) is 1.00. The van der Waals surface area contributed by atoms with Gasteiger partial charge in [-0.2, -0.15) is 13.2 Å². The molecular weight excluding hydrogens is 177 g/mol. The Labute approximate surface area is 66.8 Å². The maximum atomic E-state index is 12.0. The van der Waals surface area contributed by atoms with E-state index in [4.69, 9.17) is 10.2 Å². The third-order valence-corrected chi connectivity index (χ3v) is 1.85. The summed E-state index contributed by atoms with van der Waals surface area (Å²) >= 11 is 0. The first-order chi connectivity index (χ1) is 5.34. The van der Waals surface area contributed by atoms with Gasteiger partial charge in [-0.05, 0) is 0 Å². The van der Waals surface area contributed by atoms with E-state index in [1.165, 1.54) is 0 Å². The van der Waals surface area contributed by atoms with Crippen molar-refractivity contribution in [2.75, 3.05) is 13.2 Å². The number of alkyl halides is 3. The van der Waals surface area contributed by atoms with Crippen molar-refractivity contribution in [2.24, 2.45) is 5.92 Å². The van der Waals surface area contributed by atoms with Crippen LogP contribution < -0.4 is 0 Å². The first-order valence-electron chi connectivity index (χ1n) is 3.43. The summed E-state index contributed by atoms with van der Waals surface area (Å²) in [6.07, 6.45) is -5.03. The Morgan fingerprint density at radius 1 is 1.33 bits per heavy atom. The largest absolute Gasteiger partial charge is 0.399 e. The van der Waals surface area contributed by atoms with E-state index in [2.05, 4.69) is 4.74 Å². The minimum absolute atomic E-state index is 0.0560. The molecule has 1 saturated heterocycles. The predicted octanol–water partition coefficient (Wildman–Crippen LogP) is 0.266. The van der Waals surface area contributed by atoms with Gasteiger partial charge in [0.05, 0.1) is 13.2 Å². The molecule has 0 aromatic heterocycles. The molecule has 1 unspecified atom stereocenters. The van der Waals surface area contributed by atoms with Gasteiger partial charge in [0.2, 0.25) is 0 Å². The molecular formula is C6H9F3O3. The highest BCUT2D eigenvalue weighted by atomic mass is 19.4. The third-order valence-electron chi connectivity index (χ3n) is 1.85. The molecule has 0 aromatic rings. The Balaban J connectivity index is 2.73. The molecule has 0 bridgehead atoms. The molecule has 0 aromatic carbocycles. The second kappa shape index (κ2) is 2.86. The molecule has 1 heterocycles. The summed E-state index contributed by atoms with van der Waals surface area (Å²) in [7, 11) is 0. The molecule has 0 aliphatic carbocycles. The summed E-state index contributed by atoms with van der Waals surface area (Å²) in [4.78, 5) is 0. The van der Waals surface area contributed by atoms with Crippen LogP contribution in [0.3, 0.4) is 0 Å². The van der Waals surface area contributed by atoms with Gasteiger partial charge >= 0.3 is 6.18 Å².